The summed E-state index contributed by atoms with van der Waals surface area (Å²) in [7, 11) is 3.60. The number of carbonyl (C=O) groups is 1. The van der Waals surface area contributed by atoms with Crippen molar-refractivity contribution in [1.82, 2.24) is 24.6 Å². The molecule has 0 spiro atoms. The lowest BCUT2D eigenvalue weighted by Crippen LogP contribution is -2.46. The summed E-state index contributed by atoms with van der Waals surface area (Å²) in [6.45, 7) is 3.19. The summed E-state index contributed by atoms with van der Waals surface area (Å²) in [4.78, 5) is 24.3. The number of aryl methyl sites for hydroxylation is 2. The largest absolute Gasteiger partial charge is 0.354 e. The first-order chi connectivity index (χ1) is 12.0. The molecule has 2 aromatic rings. The standard InChI is InChI=1S/C17H23FN6O/c1-4-14-15(18)16(20-11-19-14)24-7-5-13(6-8-24)23(3)17(25)12-9-21-22(2)10-12/h9-11,13H,4-8H2,1-3H3. The van der Waals surface area contributed by atoms with Gasteiger partial charge in [-0.3, -0.25) is 9.48 Å². The zero-order chi connectivity index (χ0) is 18.0. The molecule has 0 bridgehead atoms. The fourth-order valence-corrected chi connectivity index (χ4v) is 3.23. The molecular weight excluding hydrogens is 323 g/mol. The SMILES string of the molecule is CCc1ncnc(N2CCC(N(C)C(=O)c3cnn(C)c3)CC2)c1F. The molecule has 3 heterocycles. The quantitative estimate of drug-likeness (QED) is 0.842. The van der Waals surface area contributed by atoms with Crippen LogP contribution in [0, 0.1) is 5.82 Å². The van der Waals surface area contributed by atoms with Crippen LogP contribution in [0.1, 0.15) is 35.8 Å². The van der Waals surface area contributed by atoms with Crippen molar-refractivity contribution in [1.29, 1.82) is 0 Å². The molecule has 25 heavy (non-hydrogen) atoms. The zero-order valence-corrected chi connectivity index (χ0v) is 14.8. The van der Waals surface area contributed by atoms with Crippen molar-refractivity contribution in [3.63, 3.8) is 0 Å². The molecule has 0 saturated carbocycles. The maximum atomic E-state index is 14.4. The minimum atomic E-state index is -0.330. The molecule has 0 aliphatic carbocycles. The number of amides is 1. The average molecular weight is 346 g/mol. The summed E-state index contributed by atoms with van der Waals surface area (Å²) < 4.78 is 16.0. The van der Waals surface area contributed by atoms with Crippen LogP contribution in [0.2, 0.25) is 0 Å². The van der Waals surface area contributed by atoms with Crippen molar-refractivity contribution in [3.8, 4) is 0 Å². The molecule has 1 aliphatic rings. The van der Waals surface area contributed by atoms with Gasteiger partial charge >= 0.3 is 0 Å². The van der Waals surface area contributed by atoms with E-state index in [4.69, 9.17) is 0 Å². The van der Waals surface area contributed by atoms with E-state index in [0.29, 0.717) is 36.6 Å². The molecule has 3 rings (SSSR count). The smallest absolute Gasteiger partial charge is 0.257 e. The van der Waals surface area contributed by atoms with Gasteiger partial charge in [0.25, 0.3) is 5.91 Å². The van der Waals surface area contributed by atoms with E-state index in [2.05, 4.69) is 15.1 Å². The Balaban J connectivity index is 1.65. The molecule has 7 nitrogen and oxygen atoms in total. The second kappa shape index (κ2) is 7.16. The topological polar surface area (TPSA) is 67.2 Å². The third-order valence-electron chi connectivity index (χ3n) is 4.76. The molecule has 1 fully saturated rings. The maximum absolute atomic E-state index is 14.4. The van der Waals surface area contributed by atoms with Crippen molar-refractivity contribution < 1.29 is 9.18 Å². The zero-order valence-electron chi connectivity index (χ0n) is 14.8. The van der Waals surface area contributed by atoms with E-state index in [1.807, 2.05) is 18.9 Å². The van der Waals surface area contributed by atoms with Gasteiger partial charge < -0.3 is 9.80 Å². The molecule has 1 aliphatic heterocycles. The van der Waals surface area contributed by atoms with Crippen molar-refractivity contribution in [2.24, 2.45) is 7.05 Å². The van der Waals surface area contributed by atoms with Crippen LogP contribution < -0.4 is 4.90 Å². The first kappa shape index (κ1) is 17.3. The first-order valence-corrected chi connectivity index (χ1v) is 8.51. The highest BCUT2D eigenvalue weighted by molar-refractivity contribution is 5.93. The molecule has 2 aromatic heterocycles. The van der Waals surface area contributed by atoms with Gasteiger partial charge in [-0.25, -0.2) is 14.4 Å². The van der Waals surface area contributed by atoms with Gasteiger partial charge in [-0.15, -0.1) is 0 Å². The Morgan fingerprint density at radius 1 is 1.36 bits per heavy atom. The molecule has 1 amide bonds. The monoisotopic (exact) mass is 346 g/mol. The molecule has 0 radical (unpaired) electrons. The van der Waals surface area contributed by atoms with Gasteiger partial charge in [-0.2, -0.15) is 5.10 Å². The molecule has 1 saturated heterocycles. The predicted molar refractivity (Wildman–Crippen MR) is 91.9 cm³/mol. The summed E-state index contributed by atoms with van der Waals surface area (Å²) in [6, 6.07) is 0.125. The summed E-state index contributed by atoms with van der Waals surface area (Å²) in [6.07, 6.45) is 6.80. The normalized spacial score (nSPS) is 15.4. The number of nitrogens with zero attached hydrogens (tertiary/aromatic N) is 6. The first-order valence-electron chi connectivity index (χ1n) is 8.51. The highest BCUT2D eigenvalue weighted by atomic mass is 19.1. The van der Waals surface area contributed by atoms with Gasteiger partial charge in [0.2, 0.25) is 0 Å². The number of anilines is 1. The van der Waals surface area contributed by atoms with E-state index in [1.54, 1.807) is 29.0 Å². The summed E-state index contributed by atoms with van der Waals surface area (Å²) in [5.41, 5.74) is 1.03. The average Bonchev–Trinajstić information content (AvgIpc) is 3.07. The van der Waals surface area contributed by atoms with E-state index < -0.39 is 0 Å². The van der Waals surface area contributed by atoms with E-state index in [-0.39, 0.29) is 17.8 Å². The minimum Gasteiger partial charge on any atom is -0.354 e. The van der Waals surface area contributed by atoms with Crippen LogP contribution >= 0.6 is 0 Å². The molecule has 0 N–H and O–H groups in total. The van der Waals surface area contributed by atoms with Gasteiger partial charge in [0.05, 0.1) is 17.5 Å². The van der Waals surface area contributed by atoms with E-state index in [0.717, 1.165) is 12.8 Å². The lowest BCUT2D eigenvalue weighted by Gasteiger charge is -2.37. The van der Waals surface area contributed by atoms with Crippen LogP contribution in [0.5, 0.6) is 0 Å². The number of hydrogen-bond donors (Lipinski definition) is 0. The van der Waals surface area contributed by atoms with Crippen molar-refractivity contribution in [2.45, 2.75) is 32.2 Å². The Morgan fingerprint density at radius 2 is 2.08 bits per heavy atom. The fourth-order valence-electron chi connectivity index (χ4n) is 3.23. The second-order valence-electron chi connectivity index (χ2n) is 6.35. The van der Waals surface area contributed by atoms with Crippen LogP contribution in [0.4, 0.5) is 10.2 Å². The number of carbonyl (C=O) groups excluding carboxylic acids is 1. The van der Waals surface area contributed by atoms with Crippen molar-refractivity contribution >= 4 is 11.7 Å². The summed E-state index contributed by atoms with van der Waals surface area (Å²) in [5.74, 6) is 0.00261. The van der Waals surface area contributed by atoms with Crippen LogP contribution in [0.25, 0.3) is 0 Å². The Kier molecular flexibility index (Phi) is 4.96. The minimum absolute atomic E-state index is 0.0342. The molecule has 134 valence electrons. The van der Waals surface area contributed by atoms with Gasteiger partial charge in [0.1, 0.15) is 6.33 Å². The summed E-state index contributed by atoms with van der Waals surface area (Å²) >= 11 is 0. The number of halogens is 1. The highest BCUT2D eigenvalue weighted by Gasteiger charge is 2.28. The number of hydrogen-bond acceptors (Lipinski definition) is 5. The van der Waals surface area contributed by atoms with Gasteiger partial charge in [-0.1, -0.05) is 6.92 Å². The second-order valence-corrected chi connectivity index (χ2v) is 6.35. The molecular formula is C17H23FN6O. The van der Waals surface area contributed by atoms with Gasteiger partial charge in [0.15, 0.2) is 11.6 Å². The Morgan fingerprint density at radius 3 is 2.68 bits per heavy atom. The van der Waals surface area contributed by atoms with Crippen LogP contribution in [0.3, 0.4) is 0 Å². The third-order valence-corrected chi connectivity index (χ3v) is 4.76. The molecule has 8 heteroatoms. The Hall–Kier alpha value is -2.51. The van der Waals surface area contributed by atoms with Crippen LogP contribution in [-0.4, -0.2) is 56.7 Å². The Bertz CT molecular complexity index is 753. The number of piperidine rings is 1. The molecule has 0 atom stereocenters. The van der Waals surface area contributed by atoms with E-state index >= 15 is 0 Å². The molecule has 0 aromatic carbocycles. The Labute approximate surface area is 146 Å². The van der Waals surface area contributed by atoms with Gasteiger partial charge in [-0.05, 0) is 19.3 Å². The third kappa shape index (κ3) is 3.47. The van der Waals surface area contributed by atoms with Crippen LogP contribution in [-0.2, 0) is 13.5 Å². The number of aromatic nitrogens is 4. The predicted octanol–water partition coefficient (Wildman–Crippen LogP) is 1.65. The van der Waals surface area contributed by atoms with E-state index in [9.17, 15) is 9.18 Å². The lowest BCUT2D eigenvalue weighted by molar-refractivity contribution is 0.0709. The number of rotatable bonds is 4. The van der Waals surface area contributed by atoms with Crippen molar-refractivity contribution in [2.75, 3.05) is 25.0 Å². The van der Waals surface area contributed by atoms with Gasteiger partial charge in [0, 0.05) is 39.4 Å². The van der Waals surface area contributed by atoms with E-state index in [1.165, 1.54) is 6.33 Å². The maximum Gasteiger partial charge on any atom is 0.257 e. The summed E-state index contributed by atoms with van der Waals surface area (Å²) in [5, 5.41) is 4.05. The molecule has 0 unspecified atom stereocenters. The van der Waals surface area contributed by atoms with Crippen LogP contribution in [0.15, 0.2) is 18.7 Å². The fraction of sp³-hybridized carbons (Fsp3) is 0.529. The van der Waals surface area contributed by atoms with Crippen molar-refractivity contribution in [3.05, 3.63) is 35.8 Å². The lowest BCUT2D eigenvalue weighted by atomic mass is 10.0. The highest BCUT2D eigenvalue weighted by Crippen LogP contribution is 2.24.